The van der Waals surface area contributed by atoms with Crippen LogP contribution in [0.2, 0.25) is 5.02 Å². The standard InChI is InChI=1S/C10H13ClN2O2/c11-8-6-13(10(15)12-9(8)14)5-4-7-2-1-3-7/h6-7H,1-5H2,(H,12,14,15). The molecule has 0 aliphatic heterocycles. The predicted octanol–water partition coefficient (Wildman–Crippen LogP) is 1.38. The van der Waals surface area contributed by atoms with Crippen LogP contribution < -0.4 is 11.2 Å². The van der Waals surface area contributed by atoms with Crippen molar-refractivity contribution in [3.63, 3.8) is 0 Å². The second-order valence-electron chi connectivity index (χ2n) is 4.02. The van der Waals surface area contributed by atoms with Gasteiger partial charge in [0, 0.05) is 12.7 Å². The third-order valence-electron chi connectivity index (χ3n) is 2.97. The van der Waals surface area contributed by atoms with E-state index in [4.69, 9.17) is 11.6 Å². The molecule has 1 aromatic rings. The summed E-state index contributed by atoms with van der Waals surface area (Å²) in [5.41, 5.74) is -0.884. The van der Waals surface area contributed by atoms with Crippen molar-refractivity contribution in [2.24, 2.45) is 5.92 Å². The van der Waals surface area contributed by atoms with Gasteiger partial charge in [0.1, 0.15) is 5.02 Å². The first-order valence-corrected chi connectivity index (χ1v) is 5.54. The zero-order valence-corrected chi connectivity index (χ0v) is 9.09. The van der Waals surface area contributed by atoms with E-state index >= 15 is 0 Å². The minimum atomic E-state index is -0.512. The molecule has 82 valence electrons. The lowest BCUT2D eigenvalue weighted by molar-refractivity contribution is 0.280. The topological polar surface area (TPSA) is 54.9 Å². The van der Waals surface area contributed by atoms with Crippen molar-refractivity contribution in [1.82, 2.24) is 9.55 Å². The van der Waals surface area contributed by atoms with E-state index in [1.807, 2.05) is 0 Å². The van der Waals surface area contributed by atoms with Crippen LogP contribution in [0.3, 0.4) is 0 Å². The molecule has 1 fully saturated rings. The van der Waals surface area contributed by atoms with Gasteiger partial charge < -0.3 is 0 Å². The number of aryl methyl sites for hydroxylation is 1. The summed E-state index contributed by atoms with van der Waals surface area (Å²) in [5.74, 6) is 0.739. The summed E-state index contributed by atoms with van der Waals surface area (Å²) >= 11 is 5.65. The van der Waals surface area contributed by atoms with Crippen LogP contribution in [0, 0.1) is 5.92 Å². The van der Waals surface area contributed by atoms with Gasteiger partial charge in [-0.05, 0) is 12.3 Å². The van der Waals surface area contributed by atoms with E-state index in [2.05, 4.69) is 4.98 Å². The van der Waals surface area contributed by atoms with Crippen LogP contribution in [-0.2, 0) is 6.54 Å². The fourth-order valence-corrected chi connectivity index (χ4v) is 1.92. The molecular weight excluding hydrogens is 216 g/mol. The summed E-state index contributed by atoms with van der Waals surface area (Å²) in [5, 5.41) is 0.0724. The number of aromatic amines is 1. The summed E-state index contributed by atoms with van der Waals surface area (Å²) in [6.07, 6.45) is 6.22. The number of hydrogen-bond acceptors (Lipinski definition) is 2. The highest BCUT2D eigenvalue weighted by atomic mass is 35.5. The highest BCUT2D eigenvalue weighted by Gasteiger charge is 2.17. The van der Waals surface area contributed by atoms with E-state index in [1.54, 1.807) is 0 Å². The number of nitrogens with zero attached hydrogens (tertiary/aromatic N) is 1. The summed E-state index contributed by atoms with van der Waals surface area (Å²) in [6.45, 7) is 0.639. The average Bonchev–Trinajstić information content (AvgIpc) is 2.11. The van der Waals surface area contributed by atoms with Crippen molar-refractivity contribution < 1.29 is 0 Å². The Morgan fingerprint density at radius 1 is 1.47 bits per heavy atom. The maximum Gasteiger partial charge on any atom is 0.328 e. The molecule has 0 amide bonds. The van der Waals surface area contributed by atoms with Gasteiger partial charge in [0.05, 0.1) is 0 Å². The van der Waals surface area contributed by atoms with Crippen LogP contribution in [0.5, 0.6) is 0 Å². The van der Waals surface area contributed by atoms with E-state index in [-0.39, 0.29) is 10.7 Å². The van der Waals surface area contributed by atoms with E-state index < -0.39 is 5.56 Å². The molecule has 0 radical (unpaired) electrons. The Morgan fingerprint density at radius 3 is 2.80 bits per heavy atom. The van der Waals surface area contributed by atoms with Crippen molar-refractivity contribution in [3.8, 4) is 0 Å². The second kappa shape index (κ2) is 4.23. The molecule has 2 rings (SSSR count). The van der Waals surface area contributed by atoms with Gasteiger partial charge in [0.15, 0.2) is 0 Å². The first kappa shape index (κ1) is 10.5. The molecule has 1 saturated carbocycles. The number of halogens is 1. The lowest BCUT2D eigenvalue weighted by Gasteiger charge is -2.25. The number of aromatic nitrogens is 2. The van der Waals surface area contributed by atoms with E-state index in [0.29, 0.717) is 6.54 Å². The van der Waals surface area contributed by atoms with Crippen LogP contribution in [0.15, 0.2) is 15.8 Å². The third-order valence-corrected chi connectivity index (χ3v) is 3.24. The molecule has 0 unspecified atom stereocenters. The molecule has 1 aliphatic rings. The molecule has 0 atom stereocenters. The summed E-state index contributed by atoms with van der Waals surface area (Å²) in [6, 6.07) is 0. The first-order valence-electron chi connectivity index (χ1n) is 5.16. The van der Waals surface area contributed by atoms with Crippen LogP contribution in [-0.4, -0.2) is 9.55 Å². The normalized spacial score (nSPS) is 16.3. The number of rotatable bonds is 3. The van der Waals surface area contributed by atoms with E-state index in [0.717, 1.165) is 12.3 Å². The summed E-state index contributed by atoms with van der Waals surface area (Å²) in [4.78, 5) is 24.5. The Labute approximate surface area is 91.9 Å². The fourth-order valence-electron chi connectivity index (χ4n) is 1.75. The van der Waals surface area contributed by atoms with Gasteiger partial charge in [-0.3, -0.25) is 14.3 Å². The summed E-state index contributed by atoms with van der Waals surface area (Å²) in [7, 11) is 0. The highest BCUT2D eigenvalue weighted by molar-refractivity contribution is 6.30. The van der Waals surface area contributed by atoms with Gasteiger partial charge in [0.25, 0.3) is 5.56 Å². The molecule has 0 spiro atoms. The minimum absolute atomic E-state index is 0.0724. The van der Waals surface area contributed by atoms with Gasteiger partial charge in [0.2, 0.25) is 0 Å². The van der Waals surface area contributed by atoms with Crippen molar-refractivity contribution in [3.05, 3.63) is 32.1 Å². The Morgan fingerprint density at radius 2 is 2.20 bits per heavy atom. The molecule has 0 bridgehead atoms. The SMILES string of the molecule is O=c1[nH]c(=O)n(CCC2CCC2)cc1Cl. The molecular formula is C10H13ClN2O2. The molecule has 5 heteroatoms. The maximum absolute atomic E-state index is 11.4. The molecule has 1 aliphatic carbocycles. The number of nitrogens with one attached hydrogen (secondary N) is 1. The highest BCUT2D eigenvalue weighted by Crippen LogP contribution is 2.29. The van der Waals surface area contributed by atoms with Crippen LogP contribution in [0.25, 0.3) is 0 Å². The van der Waals surface area contributed by atoms with Gasteiger partial charge in [-0.1, -0.05) is 30.9 Å². The zero-order chi connectivity index (χ0) is 10.8. The Kier molecular flexibility index (Phi) is 2.95. The van der Waals surface area contributed by atoms with Crippen molar-refractivity contribution in [1.29, 1.82) is 0 Å². The van der Waals surface area contributed by atoms with Crippen LogP contribution in [0.1, 0.15) is 25.7 Å². The molecule has 1 N–H and O–H groups in total. The first-order chi connectivity index (χ1) is 7.16. The van der Waals surface area contributed by atoms with Gasteiger partial charge in [-0.25, -0.2) is 4.79 Å². The Hall–Kier alpha value is -1.03. The van der Waals surface area contributed by atoms with E-state index in [1.165, 1.54) is 30.0 Å². The average molecular weight is 229 g/mol. The van der Waals surface area contributed by atoms with Crippen LogP contribution >= 0.6 is 11.6 Å². The quantitative estimate of drug-likeness (QED) is 0.850. The molecule has 1 aromatic heterocycles. The minimum Gasteiger partial charge on any atom is -0.299 e. The lowest BCUT2D eigenvalue weighted by atomic mass is 9.83. The number of hydrogen-bond donors (Lipinski definition) is 1. The van der Waals surface area contributed by atoms with Crippen molar-refractivity contribution in [2.45, 2.75) is 32.2 Å². The Bertz CT molecular complexity index is 459. The second-order valence-corrected chi connectivity index (χ2v) is 4.42. The lowest BCUT2D eigenvalue weighted by Crippen LogP contribution is -2.30. The Balaban J connectivity index is 2.10. The van der Waals surface area contributed by atoms with Crippen molar-refractivity contribution >= 4 is 11.6 Å². The largest absolute Gasteiger partial charge is 0.328 e. The van der Waals surface area contributed by atoms with Gasteiger partial charge in [-0.15, -0.1) is 0 Å². The zero-order valence-electron chi connectivity index (χ0n) is 8.33. The van der Waals surface area contributed by atoms with Gasteiger partial charge >= 0.3 is 5.69 Å². The summed E-state index contributed by atoms with van der Waals surface area (Å²) < 4.78 is 1.47. The maximum atomic E-state index is 11.4. The molecule has 1 heterocycles. The molecule has 4 nitrogen and oxygen atoms in total. The predicted molar refractivity (Wildman–Crippen MR) is 58.3 cm³/mol. The van der Waals surface area contributed by atoms with Crippen LogP contribution in [0.4, 0.5) is 0 Å². The third kappa shape index (κ3) is 2.31. The molecule has 0 saturated heterocycles. The van der Waals surface area contributed by atoms with E-state index in [9.17, 15) is 9.59 Å². The monoisotopic (exact) mass is 228 g/mol. The molecule has 15 heavy (non-hydrogen) atoms. The molecule has 0 aromatic carbocycles. The smallest absolute Gasteiger partial charge is 0.299 e. The van der Waals surface area contributed by atoms with Crippen molar-refractivity contribution in [2.75, 3.05) is 0 Å². The number of H-pyrrole nitrogens is 1. The van der Waals surface area contributed by atoms with Gasteiger partial charge in [-0.2, -0.15) is 0 Å². The fraction of sp³-hybridized carbons (Fsp3) is 0.600.